The van der Waals surface area contributed by atoms with E-state index in [1.54, 1.807) is 12.1 Å². The molecular weight excluding hydrogens is 627 g/mol. The third-order valence-corrected chi connectivity index (χ3v) is 9.22. The number of thiophene rings is 1. The first kappa shape index (κ1) is 16.9. The van der Waals surface area contributed by atoms with Gasteiger partial charge in [-0.1, -0.05) is 163 Å². The molecule has 9 rings (SSSR count). The summed E-state index contributed by atoms with van der Waals surface area (Å²) < 4.78 is 151. The van der Waals surface area contributed by atoms with Gasteiger partial charge in [0.25, 0.3) is 0 Å². The van der Waals surface area contributed by atoms with E-state index in [9.17, 15) is 4.11 Å². The number of hydrogen-bond donors (Lipinski definition) is 0. The Morgan fingerprint density at radius 3 is 1.62 bits per heavy atom. The van der Waals surface area contributed by atoms with Crippen LogP contribution in [0.25, 0.3) is 87.7 Å². The van der Waals surface area contributed by atoms with Crippen molar-refractivity contribution in [1.29, 1.82) is 0 Å². The van der Waals surface area contributed by atoms with Gasteiger partial charge >= 0.3 is 0 Å². The van der Waals surface area contributed by atoms with E-state index in [0.29, 0.717) is 10.3 Å². The maximum absolute atomic E-state index is 9.72. The highest BCUT2D eigenvalue weighted by Gasteiger charge is 2.16. The molecular formula is C46H31N3S. The van der Waals surface area contributed by atoms with Gasteiger partial charge in [-0.3, -0.25) is 0 Å². The minimum absolute atomic E-state index is 0.0322. The SMILES string of the molecule is [2H]c1c([2H])c([2H])c(-c2c([2H])c([2H])c(-c3nc(-c4c([2H])c([2H])c([2H])c(C)c4[2H])nc(-c4c([2H])c([2H])c([2H])c(-c5cccc6c5sc5c(-c7ccccc7)cccc56)c4[2H])n3)c([2H])c2[2H])c([2H])c1[2H]. The normalized spacial score (nSPS) is 16.1. The molecule has 0 saturated carbocycles. The average Bonchev–Trinajstić information content (AvgIpc) is 3.71. The molecule has 4 heteroatoms. The van der Waals surface area contributed by atoms with E-state index >= 15 is 0 Å². The van der Waals surface area contributed by atoms with E-state index in [1.807, 2.05) is 54.6 Å². The third-order valence-electron chi connectivity index (χ3n) is 7.93. The molecule has 50 heavy (non-hydrogen) atoms. The molecule has 236 valence electrons. The van der Waals surface area contributed by atoms with Crippen molar-refractivity contribution in [3.63, 3.8) is 0 Å². The Kier molecular flexibility index (Phi) is 4.29. The summed E-state index contributed by atoms with van der Waals surface area (Å²) in [5, 5.41) is 1.72. The van der Waals surface area contributed by atoms with Crippen LogP contribution in [0.5, 0.6) is 0 Å². The van der Waals surface area contributed by atoms with Gasteiger partial charge in [0, 0.05) is 36.9 Å². The van der Waals surface area contributed by atoms with Crippen LogP contribution >= 0.6 is 11.3 Å². The van der Waals surface area contributed by atoms with Crippen LogP contribution in [-0.2, 0) is 0 Å². The summed E-state index contributed by atoms with van der Waals surface area (Å²) in [6.45, 7) is 1.38. The highest BCUT2D eigenvalue weighted by atomic mass is 32.1. The van der Waals surface area contributed by atoms with Crippen molar-refractivity contribution in [1.82, 2.24) is 15.0 Å². The minimum Gasteiger partial charge on any atom is -0.208 e. The van der Waals surface area contributed by atoms with E-state index in [1.165, 1.54) is 18.3 Å². The van der Waals surface area contributed by atoms with Crippen LogP contribution in [0.4, 0.5) is 0 Å². The second-order valence-corrected chi connectivity index (χ2v) is 12.2. The Labute approximate surface area is 319 Å². The number of nitrogens with zero attached hydrogens (tertiary/aromatic N) is 3. The van der Waals surface area contributed by atoms with Crippen molar-refractivity contribution in [3.05, 3.63) is 175 Å². The molecule has 0 bridgehead atoms. The van der Waals surface area contributed by atoms with Gasteiger partial charge in [0.1, 0.15) is 0 Å². The number of rotatable bonds is 6. The number of aromatic nitrogens is 3. The first-order valence-corrected chi connectivity index (χ1v) is 16.2. The molecule has 2 heterocycles. The summed E-state index contributed by atoms with van der Waals surface area (Å²) in [5.74, 6) is -1.73. The molecule has 0 aliphatic rings. The number of fused-ring (bicyclic) bond motifs is 3. The maximum Gasteiger partial charge on any atom is 0.164 e. The molecule has 0 spiro atoms. The molecule has 0 fully saturated rings. The van der Waals surface area contributed by atoms with Gasteiger partial charge in [-0.05, 0) is 52.4 Å². The first-order valence-electron chi connectivity index (χ1n) is 23.9. The second kappa shape index (κ2) is 12.7. The largest absolute Gasteiger partial charge is 0.208 e. The zero-order valence-electron chi connectivity index (χ0n) is 43.1. The van der Waals surface area contributed by atoms with Crippen LogP contribution in [0, 0.1) is 6.92 Å². The highest BCUT2D eigenvalue weighted by molar-refractivity contribution is 7.26. The molecule has 0 aliphatic carbocycles. The van der Waals surface area contributed by atoms with Crippen molar-refractivity contribution >= 4 is 31.5 Å². The van der Waals surface area contributed by atoms with Crippen molar-refractivity contribution in [3.8, 4) is 67.5 Å². The molecule has 0 radical (unpaired) electrons. The Morgan fingerprint density at radius 2 is 0.940 bits per heavy atom. The van der Waals surface area contributed by atoms with Crippen LogP contribution < -0.4 is 0 Å². The van der Waals surface area contributed by atoms with Crippen LogP contribution in [0.1, 0.15) is 28.9 Å². The van der Waals surface area contributed by atoms with Crippen molar-refractivity contribution < 1.29 is 23.3 Å². The molecule has 9 aromatic rings. The van der Waals surface area contributed by atoms with Crippen molar-refractivity contribution in [2.45, 2.75) is 6.92 Å². The van der Waals surface area contributed by atoms with E-state index < -0.39 is 148 Å². The topological polar surface area (TPSA) is 38.7 Å². The quantitative estimate of drug-likeness (QED) is 0.176. The lowest BCUT2D eigenvalue weighted by Gasteiger charge is -2.11. The van der Waals surface area contributed by atoms with Crippen LogP contribution in [0.3, 0.4) is 0 Å². The molecule has 0 N–H and O–H groups in total. The molecule has 0 saturated heterocycles. The van der Waals surface area contributed by atoms with Gasteiger partial charge in [-0.15, -0.1) is 11.3 Å². The summed E-state index contributed by atoms with van der Waals surface area (Å²) in [5.41, 5.74) is -0.414. The van der Waals surface area contributed by atoms with Crippen molar-refractivity contribution in [2.24, 2.45) is 0 Å². The zero-order chi connectivity index (χ0) is 48.2. The second-order valence-electron chi connectivity index (χ2n) is 11.1. The Balaban J connectivity index is 1.35. The van der Waals surface area contributed by atoms with Gasteiger partial charge in [0.2, 0.25) is 0 Å². The predicted molar refractivity (Wildman–Crippen MR) is 210 cm³/mol. The average molecular weight is 675 g/mol. The minimum atomic E-state index is -0.841. The fourth-order valence-corrected chi connectivity index (χ4v) is 6.99. The molecule has 7 aromatic carbocycles. The molecule has 0 atom stereocenters. The van der Waals surface area contributed by atoms with Crippen LogP contribution in [0.15, 0.2) is 169 Å². The fraction of sp³-hybridized carbons (Fsp3) is 0.0217. The summed E-state index contributed by atoms with van der Waals surface area (Å²) >= 11 is 1.43. The van der Waals surface area contributed by atoms with Crippen molar-refractivity contribution in [2.75, 3.05) is 0 Å². The zero-order valence-corrected chi connectivity index (χ0v) is 26.9. The smallest absolute Gasteiger partial charge is 0.164 e. The molecule has 3 nitrogen and oxygen atoms in total. The predicted octanol–water partition coefficient (Wildman–Crippen LogP) is 12.5. The van der Waals surface area contributed by atoms with Gasteiger partial charge in [-0.25, -0.2) is 15.0 Å². The van der Waals surface area contributed by atoms with E-state index in [0.717, 1.165) is 26.6 Å². The molecule has 0 amide bonds. The Hall–Kier alpha value is -6.23. The van der Waals surface area contributed by atoms with Gasteiger partial charge in [-0.2, -0.15) is 0 Å². The fourth-order valence-electron chi connectivity index (χ4n) is 5.64. The summed E-state index contributed by atoms with van der Waals surface area (Å²) in [6.07, 6.45) is 0. The summed E-state index contributed by atoms with van der Waals surface area (Å²) in [6, 6.07) is 9.51. The first-order chi connectivity index (χ1) is 31.8. The van der Waals surface area contributed by atoms with Crippen LogP contribution in [-0.4, -0.2) is 15.0 Å². The Bertz CT molecular complexity index is 3550. The summed E-state index contributed by atoms with van der Waals surface area (Å²) in [7, 11) is 0. The van der Waals surface area contributed by atoms with Gasteiger partial charge < -0.3 is 0 Å². The van der Waals surface area contributed by atoms with Crippen LogP contribution in [0.2, 0.25) is 0 Å². The standard InChI is InChI=1S/C46H31N3S/c1-30-12-8-18-36(28-30)45-47-44(34-26-24-32(25-27-34)31-13-4-2-5-14-31)48-46(49-45)37-19-9-17-35(29-37)39-21-11-23-41-40-22-10-20-38(42(40)50-43(39)41)33-15-6-3-7-16-33/h2-29H,1H3/i2D,4D,5D,8D,9D,12D,13D,14D,17D,18D,19D,24D,25D,26D,27D,28D,29D. The van der Waals surface area contributed by atoms with E-state index in [2.05, 4.69) is 15.0 Å². The third kappa shape index (κ3) is 5.56. The number of benzene rings is 7. The lowest BCUT2D eigenvalue weighted by molar-refractivity contribution is 1.07. The van der Waals surface area contributed by atoms with Gasteiger partial charge in [0.05, 0.1) is 23.3 Å². The maximum atomic E-state index is 9.72. The lowest BCUT2D eigenvalue weighted by atomic mass is 9.99. The molecule has 0 unspecified atom stereocenters. The summed E-state index contributed by atoms with van der Waals surface area (Å²) in [4.78, 5) is 13.4. The molecule has 2 aromatic heterocycles. The Morgan fingerprint density at radius 1 is 0.420 bits per heavy atom. The highest BCUT2D eigenvalue weighted by Crippen LogP contribution is 2.44. The monoisotopic (exact) mass is 674 g/mol. The molecule has 0 aliphatic heterocycles. The van der Waals surface area contributed by atoms with E-state index in [4.69, 9.17) is 19.2 Å². The number of hydrogen-bond acceptors (Lipinski definition) is 4. The van der Waals surface area contributed by atoms with Gasteiger partial charge in [0.15, 0.2) is 17.5 Å². The van der Waals surface area contributed by atoms with E-state index in [-0.39, 0.29) is 11.1 Å². The lowest BCUT2D eigenvalue weighted by Crippen LogP contribution is -2.00.